The molecule has 0 saturated heterocycles. The summed E-state index contributed by atoms with van der Waals surface area (Å²) in [6, 6.07) is 22.1. The molecule has 1 heterocycles. The van der Waals surface area contributed by atoms with Crippen LogP contribution in [0, 0.1) is 17.8 Å². The summed E-state index contributed by atoms with van der Waals surface area (Å²) < 4.78 is 0. The highest BCUT2D eigenvalue weighted by atomic mass is 35.5. The molecule has 3 aromatic rings. The minimum Gasteiger partial charge on any atom is -0.297 e. The number of nitrogens with zero attached hydrogens (tertiary/aromatic N) is 2. The van der Waals surface area contributed by atoms with Gasteiger partial charge >= 0.3 is 0 Å². The topological polar surface area (TPSA) is 16.1 Å². The zero-order valence-corrected chi connectivity index (χ0v) is 20.7. The average molecular weight is 467 g/mol. The number of rotatable bonds is 7. The van der Waals surface area contributed by atoms with E-state index in [-0.39, 0.29) is 0 Å². The van der Waals surface area contributed by atoms with Crippen LogP contribution < -0.4 is 0 Å². The molecule has 0 bridgehead atoms. The molecule has 2 aromatic carbocycles. The monoisotopic (exact) mass is 466 g/mol. The van der Waals surface area contributed by atoms with E-state index in [4.69, 9.17) is 11.6 Å². The van der Waals surface area contributed by atoms with E-state index in [1.54, 1.807) is 0 Å². The Kier molecular flexibility index (Phi) is 6.86. The second-order valence-corrected chi connectivity index (χ2v) is 10.2. The third kappa shape index (κ3) is 5.98. The summed E-state index contributed by atoms with van der Waals surface area (Å²) >= 11 is 5.98. The molecule has 0 amide bonds. The quantitative estimate of drug-likeness (QED) is 0.336. The van der Waals surface area contributed by atoms with Crippen molar-refractivity contribution in [1.82, 2.24) is 9.88 Å². The lowest BCUT2D eigenvalue weighted by Gasteiger charge is -2.24. The van der Waals surface area contributed by atoms with Gasteiger partial charge in [-0.2, -0.15) is 0 Å². The Morgan fingerprint density at radius 2 is 1.59 bits per heavy atom. The van der Waals surface area contributed by atoms with Gasteiger partial charge in [-0.05, 0) is 91.5 Å². The van der Waals surface area contributed by atoms with Crippen LogP contribution in [0.5, 0.6) is 0 Å². The predicted molar refractivity (Wildman–Crippen MR) is 143 cm³/mol. The summed E-state index contributed by atoms with van der Waals surface area (Å²) in [5.41, 5.74) is 6.53. The Balaban J connectivity index is 1.20. The van der Waals surface area contributed by atoms with E-state index >= 15 is 0 Å². The molecule has 0 spiro atoms. The van der Waals surface area contributed by atoms with Gasteiger partial charge in [-0.15, -0.1) is 0 Å². The number of benzene rings is 2. The highest BCUT2D eigenvalue weighted by Crippen LogP contribution is 2.38. The van der Waals surface area contributed by atoms with Crippen LogP contribution >= 0.6 is 11.6 Å². The molecule has 0 N–H and O–H groups in total. The number of hydrogen-bond acceptors (Lipinski definition) is 2. The van der Waals surface area contributed by atoms with E-state index in [9.17, 15) is 0 Å². The summed E-state index contributed by atoms with van der Waals surface area (Å²) in [4.78, 5) is 7.28. The number of allylic oxidation sites excluding steroid dienone is 1. The molecule has 1 atom stereocenters. The summed E-state index contributed by atoms with van der Waals surface area (Å²) in [5, 5.41) is 0.735. The van der Waals surface area contributed by atoms with Gasteiger partial charge in [0.2, 0.25) is 0 Å². The maximum Gasteiger partial charge on any atom is 0.113 e. The van der Waals surface area contributed by atoms with Gasteiger partial charge in [0.15, 0.2) is 0 Å². The second-order valence-electron chi connectivity index (χ2n) is 9.75. The Morgan fingerprint density at radius 3 is 2.18 bits per heavy atom. The maximum atomic E-state index is 5.98. The Morgan fingerprint density at radius 1 is 0.941 bits per heavy atom. The molecule has 2 saturated carbocycles. The van der Waals surface area contributed by atoms with Crippen molar-refractivity contribution >= 4 is 17.2 Å². The molecule has 34 heavy (non-hydrogen) atoms. The van der Waals surface area contributed by atoms with E-state index in [2.05, 4.69) is 65.9 Å². The highest BCUT2D eigenvalue weighted by molar-refractivity contribution is 6.30. The zero-order valence-electron chi connectivity index (χ0n) is 20.0. The Bertz CT molecular complexity index is 1190. The second kappa shape index (κ2) is 10.2. The molecule has 1 aromatic heterocycles. The van der Waals surface area contributed by atoms with Crippen molar-refractivity contribution in [2.75, 3.05) is 6.54 Å². The summed E-state index contributed by atoms with van der Waals surface area (Å²) in [6.07, 6.45) is 9.89. The van der Waals surface area contributed by atoms with Crippen LogP contribution in [0.15, 0.2) is 72.9 Å². The van der Waals surface area contributed by atoms with Crippen molar-refractivity contribution in [1.29, 1.82) is 0 Å². The number of aromatic nitrogens is 1. The predicted octanol–water partition coefficient (Wildman–Crippen LogP) is 7.47. The van der Waals surface area contributed by atoms with Crippen LogP contribution in [-0.4, -0.2) is 28.5 Å². The van der Waals surface area contributed by atoms with Crippen molar-refractivity contribution in [3.05, 3.63) is 94.8 Å². The molecular formula is C31H31ClN2. The summed E-state index contributed by atoms with van der Waals surface area (Å²) in [5.74, 6) is 7.00. The van der Waals surface area contributed by atoms with Crippen molar-refractivity contribution in [3.8, 4) is 23.0 Å². The van der Waals surface area contributed by atoms with E-state index in [0.29, 0.717) is 5.92 Å². The molecule has 0 radical (unpaired) electrons. The first-order valence-corrected chi connectivity index (χ1v) is 12.7. The lowest BCUT2D eigenvalue weighted by Crippen LogP contribution is -2.32. The SMILES string of the molecule is C/C(=C\[C@@H](C)CN(C1CC1)C1CC1)c1ccc(C#Cc2ccc(-c3ccc(Cl)cc3)cn2)cc1. The molecule has 172 valence electrons. The molecule has 2 fully saturated rings. The lowest BCUT2D eigenvalue weighted by molar-refractivity contribution is 0.233. The molecule has 2 nitrogen and oxygen atoms in total. The molecule has 2 aliphatic rings. The van der Waals surface area contributed by atoms with Gasteiger partial charge in [-0.1, -0.05) is 60.9 Å². The smallest absolute Gasteiger partial charge is 0.113 e. The van der Waals surface area contributed by atoms with Gasteiger partial charge in [0.1, 0.15) is 5.69 Å². The number of halogens is 1. The standard InChI is InChI=1S/C31H31ClN2/c1-22(21-34(30-15-16-30)31-17-18-31)19-23(2)25-6-3-24(4-7-25)5-13-29-14-10-27(20-33-29)26-8-11-28(32)12-9-26/h3-4,6-12,14,19-20,22,30-31H,15-18,21H2,1-2H3/b23-19+/t22-/m1/s1. The van der Waals surface area contributed by atoms with Gasteiger partial charge in [-0.3, -0.25) is 4.90 Å². The normalized spacial score (nSPS) is 16.8. The Hall–Kier alpha value is -2.86. The lowest BCUT2D eigenvalue weighted by atomic mass is 10.0. The van der Waals surface area contributed by atoms with E-state index in [1.807, 2.05) is 42.6 Å². The minimum atomic E-state index is 0.572. The third-order valence-corrected chi connectivity index (χ3v) is 6.93. The zero-order chi connectivity index (χ0) is 23.5. The van der Waals surface area contributed by atoms with Gasteiger partial charge in [0.25, 0.3) is 0 Å². The fourth-order valence-electron chi connectivity index (χ4n) is 4.55. The fraction of sp³-hybridized carbons (Fsp3) is 0.323. The molecule has 2 aliphatic carbocycles. The van der Waals surface area contributed by atoms with Crippen molar-refractivity contribution in [3.63, 3.8) is 0 Å². The average Bonchev–Trinajstić information content (AvgIpc) is 3.77. The van der Waals surface area contributed by atoms with Crippen LogP contribution in [0.25, 0.3) is 16.7 Å². The first kappa shape index (κ1) is 22.9. The minimum absolute atomic E-state index is 0.572. The maximum absolute atomic E-state index is 5.98. The van der Waals surface area contributed by atoms with Gasteiger partial charge < -0.3 is 0 Å². The fourth-order valence-corrected chi connectivity index (χ4v) is 4.68. The van der Waals surface area contributed by atoms with E-state index in [0.717, 1.165) is 39.5 Å². The van der Waals surface area contributed by atoms with Crippen molar-refractivity contribution < 1.29 is 0 Å². The van der Waals surface area contributed by atoms with Crippen LogP contribution in [-0.2, 0) is 0 Å². The van der Waals surface area contributed by atoms with E-state index in [1.165, 1.54) is 43.4 Å². The van der Waals surface area contributed by atoms with Gasteiger partial charge in [0, 0.05) is 41.0 Å². The van der Waals surface area contributed by atoms with E-state index < -0.39 is 0 Å². The summed E-state index contributed by atoms with van der Waals surface area (Å²) in [7, 11) is 0. The van der Waals surface area contributed by atoms with Crippen LogP contribution in [0.2, 0.25) is 5.02 Å². The van der Waals surface area contributed by atoms with Crippen molar-refractivity contribution in [2.45, 2.75) is 51.6 Å². The molecule has 0 unspecified atom stereocenters. The first-order chi connectivity index (χ1) is 16.5. The highest BCUT2D eigenvalue weighted by Gasteiger charge is 2.39. The first-order valence-electron chi connectivity index (χ1n) is 12.3. The van der Waals surface area contributed by atoms with Crippen LogP contribution in [0.1, 0.15) is 56.4 Å². The van der Waals surface area contributed by atoms with Crippen LogP contribution in [0.4, 0.5) is 0 Å². The third-order valence-electron chi connectivity index (χ3n) is 6.68. The number of hydrogen-bond donors (Lipinski definition) is 0. The summed E-state index contributed by atoms with van der Waals surface area (Å²) in [6.45, 7) is 5.77. The molecular weight excluding hydrogens is 436 g/mol. The van der Waals surface area contributed by atoms with Crippen LogP contribution in [0.3, 0.4) is 0 Å². The molecule has 5 rings (SSSR count). The largest absolute Gasteiger partial charge is 0.297 e. The molecule has 3 heteroatoms. The number of pyridine rings is 1. The molecule has 0 aliphatic heterocycles. The Labute approximate surface area is 208 Å². The van der Waals surface area contributed by atoms with Crippen molar-refractivity contribution in [2.24, 2.45) is 5.92 Å². The van der Waals surface area contributed by atoms with Gasteiger partial charge in [-0.25, -0.2) is 4.98 Å². The van der Waals surface area contributed by atoms with Gasteiger partial charge in [0.05, 0.1) is 0 Å².